The molecule has 0 saturated carbocycles. The van der Waals surface area contributed by atoms with E-state index in [0.29, 0.717) is 16.9 Å². The van der Waals surface area contributed by atoms with Crippen LogP contribution < -0.4 is 10.6 Å². The number of aromatic nitrogens is 1. The summed E-state index contributed by atoms with van der Waals surface area (Å²) < 4.78 is 5.07. The van der Waals surface area contributed by atoms with Crippen molar-refractivity contribution in [2.45, 2.75) is 6.92 Å². The molecule has 24 heavy (non-hydrogen) atoms. The van der Waals surface area contributed by atoms with Crippen LogP contribution in [0.4, 0.5) is 11.4 Å². The van der Waals surface area contributed by atoms with Crippen molar-refractivity contribution in [3.63, 3.8) is 0 Å². The predicted octanol–water partition coefficient (Wildman–Crippen LogP) is 3.49. The van der Waals surface area contributed by atoms with Crippen molar-refractivity contribution in [2.24, 2.45) is 0 Å². The van der Waals surface area contributed by atoms with Crippen LogP contribution >= 0.6 is 0 Å². The Morgan fingerprint density at radius 1 is 1.00 bits per heavy atom. The van der Waals surface area contributed by atoms with E-state index in [1.807, 2.05) is 6.92 Å². The minimum atomic E-state index is -0.366. The first kappa shape index (κ1) is 15.5. The molecule has 0 radical (unpaired) electrons. The van der Waals surface area contributed by atoms with Crippen molar-refractivity contribution in [2.75, 3.05) is 10.6 Å². The van der Waals surface area contributed by atoms with Gasteiger partial charge in [-0.05, 0) is 48.9 Å². The van der Waals surface area contributed by atoms with Gasteiger partial charge >= 0.3 is 0 Å². The molecule has 0 saturated heterocycles. The van der Waals surface area contributed by atoms with Gasteiger partial charge in [0.05, 0.1) is 6.26 Å². The molecule has 0 fully saturated rings. The third-order valence-electron chi connectivity index (χ3n) is 3.43. The fourth-order valence-electron chi connectivity index (χ4n) is 2.13. The number of anilines is 2. The summed E-state index contributed by atoms with van der Waals surface area (Å²) in [5.41, 5.74) is 2.48. The van der Waals surface area contributed by atoms with E-state index in [1.54, 1.807) is 54.9 Å². The Morgan fingerprint density at radius 2 is 1.79 bits per heavy atom. The fourth-order valence-corrected chi connectivity index (χ4v) is 2.13. The van der Waals surface area contributed by atoms with E-state index in [1.165, 1.54) is 6.26 Å². The third-order valence-corrected chi connectivity index (χ3v) is 3.43. The summed E-state index contributed by atoms with van der Waals surface area (Å²) in [6, 6.07) is 11.7. The van der Waals surface area contributed by atoms with Crippen molar-refractivity contribution < 1.29 is 14.0 Å². The van der Waals surface area contributed by atoms with Gasteiger partial charge in [-0.25, -0.2) is 0 Å². The lowest BCUT2D eigenvalue weighted by atomic mass is 10.1. The van der Waals surface area contributed by atoms with Crippen LogP contribution in [0.2, 0.25) is 0 Å². The van der Waals surface area contributed by atoms with E-state index in [2.05, 4.69) is 15.6 Å². The van der Waals surface area contributed by atoms with Gasteiger partial charge in [-0.15, -0.1) is 0 Å². The van der Waals surface area contributed by atoms with Crippen LogP contribution in [0.5, 0.6) is 0 Å². The van der Waals surface area contributed by atoms with Crippen LogP contribution in [-0.4, -0.2) is 16.8 Å². The topological polar surface area (TPSA) is 84.2 Å². The van der Waals surface area contributed by atoms with Crippen LogP contribution in [-0.2, 0) is 0 Å². The van der Waals surface area contributed by atoms with Gasteiger partial charge < -0.3 is 15.1 Å². The molecule has 0 aliphatic heterocycles. The third kappa shape index (κ3) is 3.49. The minimum absolute atomic E-state index is 0.209. The maximum Gasteiger partial charge on any atom is 0.291 e. The molecular weight excluding hydrogens is 306 g/mol. The monoisotopic (exact) mass is 321 g/mol. The molecule has 0 unspecified atom stereocenters. The van der Waals surface area contributed by atoms with E-state index in [-0.39, 0.29) is 17.6 Å². The van der Waals surface area contributed by atoms with E-state index in [9.17, 15) is 9.59 Å². The Bertz CT molecular complexity index is 858. The smallest absolute Gasteiger partial charge is 0.291 e. The summed E-state index contributed by atoms with van der Waals surface area (Å²) in [4.78, 5) is 28.3. The Labute approximate surface area is 138 Å². The van der Waals surface area contributed by atoms with Gasteiger partial charge in [0.15, 0.2) is 5.76 Å². The average molecular weight is 321 g/mol. The van der Waals surface area contributed by atoms with E-state index in [4.69, 9.17) is 4.42 Å². The highest BCUT2D eigenvalue weighted by molar-refractivity contribution is 6.07. The molecule has 2 amide bonds. The minimum Gasteiger partial charge on any atom is -0.459 e. The first-order chi connectivity index (χ1) is 11.6. The van der Waals surface area contributed by atoms with E-state index in [0.717, 1.165) is 5.56 Å². The summed E-state index contributed by atoms with van der Waals surface area (Å²) in [5, 5.41) is 5.52. The highest BCUT2D eigenvalue weighted by Crippen LogP contribution is 2.19. The largest absolute Gasteiger partial charge is 0.459 e. The van der Waals surface area contributed by atoms with Gasteiger partial charge in [0, 0.05) is 29.3 Å². The molecule has 0 atom stereocenters. The van der Waals surface area contributed by atoms with Crippen LogP contribution in [0.3, 0.4) is 0 Å². The van der Waals surface area contributed by atoms with Crippen molar-refractivity contribution in [1.82, 2.24) is 4.98 Å². The highest BCUT2D eigenvalue weighted by Gasteiger charge is 2.13. The number of nitrogens with one attached hydrogen (secondary N) is 2. The number of benzene rings is 1. The van der Waals surface area contributed by atoms with E-state index >= 15 is 0 Å². The number of amides is 2. The number of carbonyl (C=O) groups excluding carboxylic acids is 2. The number of hydrogen-bond acceptors (Lipinski definition) is 4. The molecule has 0 aliphatic rings. The zero-order valence-corrected chi connectivity index (χ0v) is 12.9. The van der Waals surface area contributed by atoms with Gasteiger partial charge in [-0.2, -0.15) is 0 Å². The summed E-state index contributed by atoms with van der Waals surface area (Å²) in [7, 11) is 0. The van der Waals surface area contributed by atoms with Crippen molar-refractivity contribution in [3.05, 3.63) is 78.0 Å². The quantitative estimate of drug-likeness (QED) is 0.770. The number of furan rings is 1. The SMILES string of the molecule is Cc1ccc(C(=O)Nc2ccncc2)cc1NC(=O)c1ccco1. The second-order valence-electron chi connectivity index (χ2n) is 5.15. The summed E-state index contributed by atoms with van der Waals surface area (Å²) in [5.74, 6) is -0.425. The van der Waals surface area contributed by atoms with Gasteiger partial charge in [-0.1, -0.05) is 6.07 Å². The molecule has 120 valence electrons. The number of aryl methyl sites for hydroxylation is 1. The molecule has 3 aromatic rings. The van der Waals surface area contributed by atoms with Gasteiger partial charge in [0.2, 0.25) is 0 Å². The molecule has 1 aromatic carbocycles. The highest BCUT2D eigenvalue weighted by atomic mass is 16.3. The summed E-state index contributed by atoms with van der Waals surface area (Å²) >= 11 is 0. The van der Waals surface area contributed by atoms with Crippen LogP contribution in [0.15, 0.2) is 65.5 Å². The fraction of sp³-hybridized carbons (Fsp3) is 0.0556. The molecule has 0 aliphatic carbocycles. The number of carbonyl (C=O) groups is 2. The number of nitrogens with zero attached hydrogens (tertiary/aromatic N) is 1. The molecule has 6 nitrogen and oxygen atoms in total. The number of rotatable bonds is 4. The maximum atomic E-state index is 12.3. The standard InChI is InChI=1S/C18H15N3O3/c1-12-4-5-13(17(22)20-14-6-8-19-9-7-14)11-15(12)21-18(23)16-3-2-10-24-16/h2-11H,1H3,(H,21,23)(H,19,20,22). The normalized spacial score (nSPS) is 10.2. The van der Waals surface area contributed by atoms with Gasteiger partial charge in [0.25, 0.3) is 11.8 Å². The average Bonchev–Trinajstić information content (AvgIpc) is 3.12. The lowest BCUT2D eigenvalue weighted by Gasteiger charge is -2.10. The maximum absolute atomic E-state index is 12.3. The van der Waals surface area contributed by atoms with Crippen LogP contribution in [0.1, 0.15) is 26.5 Å². The molecule has 0 bridgehead atoms. The predicted molar refractivity (Wildman–Crippen MR) is 90.0 cm³/mol. The Hall–Kier alpha value is -3.41. The second-order valence-corrected chi connectivity index (χ2v) is 5.15. The molecule has 2 heterocycles. The summed E-state index contributed by atoms with van der Waals surface area (Å²) in [6.45, 7) is 1.85. The zero-order valence-electron chi connectivity index (χ0n) is 12.9. The van der Waals surface area contributed by atoms with Crippen molar-refractivity contribution in [1.29, 1.82) is 0 Å². The van der Waals surface area contributed by atoms with E-state index < -0.39 is 0 Å². The molecule has 3 rings (SSSR count). The molecule has 2 N–H and O–H groups in total. The molecule has 2 aromatic heterocycles. The van der Waals surface area contributed by atoms with Gasteiger partial charge in [-0.3, -0.25) is 14.6 Å². The zero-order chi connectivity index (χ0) is 16.9. The van der Waals surface area contributed by atoms with Crippen molar-refractivity contribution in [3.8, 4) is 0 Å². The lowest BCUT2D eigenvalue weighted by molar-refractivity contribution is 0.0993. The number of hydrogen-bond donors (Lipinski definition) is 2. The lowest BCUT2D eigenvalue weighted by Crippen LogP contribution is -2.15. The second kappa shape index (κ2) is 6.78. The molecule has 6 heteroatoms. The first-order valence-corrected chi connectivity index (χ1v) is 7.30. The van der Waals surface area contributed by atoms with Crippen molar-refractivity contribution >= 4 is 23.2 Å². The van der Waals surface area contributed by atoms with Gasteiger partial charge in [0.1, 0.15) is 0 Å². The number of pyridine rings is 1. The van der Waals surface area contributed by atoms with Crippen LogP contribution in [0.25, 0.3) is 0 Å². The molecule has 0 spiro atoms. The first-order valence-electron chi connectivity index (χ1n) is 7.30. The summed E-state index contributed by atoms with van der Waals surface area (Å²) in [6.07, 6.45) is 4.62. The van der Waals surface area contributed by atoms with Crippen LogP contribution in [0, 0.1) is 6.92 Å². The molecular formula is C18H15N3O3. The Balaban J connectivity index is 1.78. The Morgan fingerprint density at radius 3 is 2.50 bits per heavy atom. The Kier molecular flexibility index (Phi) is 4.38.